The minimum atomic E-state index is -0.326. The van der Waals surface area contributed by atoms with Gasteiger partial charge in [-0.25, -0.2) is 0 Å². The van der Waals surface area contributed by atoms with Crippen LogP contribution in [-0.4, -0.2) is 7.42 Å². The molecular formula is C2H7BrSi. The van der Waals surface area contributed by atoms with Crippen molar-refractivity contribution in [2.75, 3.05) is 0 Å². The number of rotatable bonds is 0. The van der Waals surface area contributed by atoms with Crippen LogP contribution in [0, 0.1) is 0 Å². The highest BCUT2D eigenvalue weighted by Gasteiger charge is 1.75. The quantitative estimate of drug-likeness (QED) is 0.351. The average molecular weight is 139 g/mol. The van der Waals surface area contributed by atoms with Crippen LogP contribution in [0.15, 0.2) is 0 Å². The molecule has 0 spiro atoms. The summed E-state index contributed by atoms with van der Waals surface area (Å²) in [4.78, 5) is 0. The Morgan fingerprint density at radius 1 is 1.50 bits per heavy atom. The first-order valence-corrected chi connectivity index (χ1v) is 6.87. The van der Waals surface area contributed by atoms with E-state index in [-0.39, 0.29) is 7.42 Å². The zero-order valence-electron chi connectivity index (χ0n) is 2.96. The molecule has 0 saturated carbocycles. The van der Waals surface area contributed by atoms with Crippen LogP contribution in [0.3, 0.4) is 0 Å². The molecule has 4 heavy (non-hydrogen) atoms. The van der Waals surface area contributed by atoms with Crippen LogP contribution in [0.2, 0.25) is 13.1 Å². The smallest absolute Gasteiger partial charge is 0.108 e. The Kier molecular flexibility index (Phi) is 2.31. The molecule has 26 valence electrons. The molecule has 0 aromatic carbocycles. The molecule has 0 rings (SSSR count). The highest BCUT2D eigenvalue weighted by molar-refractivity contribution is 9.24. The highest BCUT2D eigenvalue weighted by atomic mass is 79.9. The first kappa shape index (κ1) is 4.70. The maximum atomic E-state index is 3.41. The summed E-state index contributed by atoms with van der Waals surface area (Å²) in [6.45, 7) is 4.44. The van der Waals surface area contributed by atoms with Gasteiger partial charge in [-0.2, -0.15) is 0 Å². The molecule has 0 aromatic heterocycles. The summed E-state index contributed by atoms with van der Waals surface area (Å²) in [5.41, 5.74) is 0. The van der Waals surface area contributed by atoms with E-state index in [1.54, 1.807) is 0 Å². The maximum absolute atomic E-state index is 3.41. The summed E-state index contributed by atoms with van der Waals surface area (Å²) in [7, 11) is -0.326. The molecule has 0 nitrogen and oxygen atoms in total. The van der Waals surface area contributed by atoms with E-state index >= 15 is 0 Å². The van der Waals surface area contributed by atoms with Crippen molar-refractivity contribution in [2.45, 2.75) is 13.1 Å². The van der Waals surface area contributed by atoms with Crippen molar-refractivity contribution in [3.63, 3.8) is 0 Å². The molecule has 0 aliphatic rings. The first-order valence-electron chi connectivity index (χ1n) is 1.37. The Morgan fingerprint density at radius 2 is 1.50 bits per heavy atom. The third-order valence-corrected chi connectivity index (χ3v) is 0. The van der Waals surface area contributed by atoms with Crippen molar-refractivity contribution < 1.29 is 0 Å². The predicted octanol–water partition coefficient (Wildman–Crippen LogP) is 1.36. The van der Waals surface area contributed by atoms with Gasteiger partial charge in [-0.05, 0) is 0 Å². The number of hydrogen-bond donors (Lipinski definition) is 0. The molecule has 0 amide bonds. The van der Waals surface area contributed by atoms with E-state index in [2.05, 4.69) is 28.4 Å². The Morgan fingerprint density at radius 3 is 1.50 bits per heavy atom. The lowest BCUT2D eigenvalue weighted by Gasteiger charge is -1.72. The van der Waals surface area contributed by atoms with Gasteiger partial charge in [-0.1, -0.05) is 13.1 Å². The summed E-state index contributed by atoms with van der Waals surface area (Å²) >= 11 is 3.41. The fourth-order valence-electron chi connectivity index (χ4n) is 0. The largest absolute Gasteiger partial charge is 0.131 e. The van der Waals surface area contributed by atoms with Crippen LogP contribution in [0.4, 0.5) is 0 Å². The SMILES string of the molecule is C[SiH](C)Br. The molecule has 0 bridgehead atoms. The Balaban J connectivity index is 2.32. The molecule has 0 aliphatic carbocycles. The van der Waals surface area contributed by atoms with Crippen molar-refractivity contribution >= 4 is 22.7 Å². The van der Waals surface area contributed by atoms with Gasteiger partial charge in [-0.15, -0.1) is 15.3 Å². The lowest BCUT2D eigenvalue weighted by molar-refractivity contribution is 2.12. The lowest BCUT2D eigenvalue weighted by Crippen LogP contribution is -1.77. The van der Waals surface area contributed by atoms with Crippen LogP contribution < -0.4 is 0 Å². The van der Waals surface area contributed by atoms with E-state index in [1.165, 1.54) is 0 Å². The van der Waals surface area contributed by atoms with Gasteiger partial charge in [-0.3, -0.25) is 0 Å². The van der Waals surface area contributed by atoms with E-state index < -0.39 is 0 Å². The zero-order chi connectivity index (χ0) is 3.58. The maximum Gasteiger partial charge on any atom is 0.108 e. The van der Waals surface area contributed by atoms with Crippen molar-refractivity contribution in [2.24, 2.45) is 0 Å². The zero-order valence-corrected chi connectivity index (χ0v) is 5.70. The summed E-state index contributed by atoms with van der Waals surface area (Å²) in [6, 6.07) is 0. The lowest BCUT2D eigenvalue weighted by atomic mass is 11.9. The topological polar surface area (TPSA) is 0 Å². The van der Waals surface area contributed by atoms with Gasteiger partial charge in [0.05, 0.1) is 0 Å². The second kappa shape index (κ2) is 1.97. The number of halogens is 1. The average Bonchev–Trinajstić information content (AvgIpc) is 0.811. The van der Waals surface area contributed by atoms with E-state index in [0.29, 0.717) is 0 Å². The minimum Gasteiger partial charge on any atom is -0.131 e. The standard InChI is InChI=1S/C2H7BrSi/c1-4(2)3/h4H,1-2H3. The van der Waals surface area contributed by atoms with Gasteiger partial charge in [0.1, 0.15) is 7.42 Å². The second-order valence-corrected chi connectivity index (χ2v) is 8.54. The normalized spacial score (nSPS) is 9.00. The number of hydrogen-bond acceptors (Lipinski definition) is 0. The molecule has 0 N–H and O–H groups in total. The van der Waals surface area contributed by atoms with Crippen molar-refractivity contribution in [1.82, 2.24) is 0 Å². The van der Waals surface area contributed by atoms with Gasteiger partial charge in [0.15, 0.2) is 0 Å². The summed E-state index contributed by atoms with van der Waals surface area (Å²) in [6.07, 6.45) is 0. The third kappa shape index (κ3) is 16.0. The minimum absolute atomic E-state index is 0.326. The Bertz CT molecular complexity index is 10.8. The molecule has 0 aliphatic heterocycles. The van der Waals surface area contributed by atoms with Crippen LogP contribution >= 0.6 is 15.3 Å². The fraction of sp³-hybridized carbons (Fsp3) is 1.00. The third-order valence-electron chi connectivity index (χ3n) is 0. The van der Waals surface area contributed by atoms with Crippen LogP contribution in [0.5, 0.6) is 0 Å². The molecule has 0 heterocycles. The van der Waals surface area contributed by atoms with Gasteiger partial charge in [0.25, 0.3) is 0 Å². The monoisotopic (exact) mass is 138 g/mol. The molecule has 0 unspecified atom stereocenters. The summed E-state index contributed by atoms with van der Waals surface area (Å²) in [5, 5.41) is 0. The molecule has 0 aromatic rings. The fourth-order valence-corrected chi connectivity index (χ4v) is 0. The van der Waals surface area contributed by atoms with Gasteiger partial charge in [0, 0.05) is 0 Å². The van der Waals surface area contributed by atoms with Gasteiger partial charge in [0.2, 0.25) is 0 Å². The van der Waals surface area contributed by atoms with Crippen molar-refractivity contribution in [3.8, 4) is 0 Å². The molecular weight excluding hydrogens is 132 g/mol. The van der Waals surface area contributed by atoms with Crippen LogP contribution in [0.1, 0.15) is 0 Å². The molecule has 0 fully saturated rings. The van der Waals surface area contributed by atoms with E-state index in [4.69, 9.17) is 0 Å². The van der Waals surface area contributed by atoms with Crippen LogP contribution in [0.25, 0.3) is 0 Å². The first-order chi connectivity index (χ1) is 1.73. The van der Waals surface area contributed by atoms with Gasteiger partial charge >= 0.3 is 0 Å². The molecule has 0 radical (unpaired) electrons. The van der Waals surface area contributed by atoms with Crippen molar-refractivity contribution in [3.05, 3.63) is 0 Å². The van der Waals surface area contributed by atoms with E-state index in [9.17, 15) is 0 Å². The summed E-state index contributed by atoms with van der Waals surface area (Å²) in [5.74, 6) is 0. The molecule has 0 saturated heterocycles. The predicted molar refractivity (Wildman–Crippen MR) is 27.8 cm³/mol. The highest BCUT2D eigenvalue weighted by Crippen LogP contribution is 1.85. The van der Waals surface area contributed by atoms with Crippen molar-refractivity contribution in [1.29, 1.82) is 0 Å². The van der Waals surface area contributed by atoms with Gasteiger partial charge < -0.3 is 0 Å². The van der Waals surface area contributed by atoms with E-state index in [0.717, 1.165) is 0 Å². The molecule has 2 heteroatoms. The van der Waals surface area contributed by atoms with Crippen LogP contribution in [-0.2, 0) is 0 Å². The Labute approximate surface area is 36.4 Å². The molecule has 0 atom stereocenters. The second-order valence-electron chi connectivity index (χ2n) is 1.01. The van der Waals surface area contributed by atoms with E-state index in [1.807, 2.05) is 0 Å². The summed E-state index contributed by atoms with van der Waals surface area (Å²) < 4.78 is 0. The Hall–Kier alpha value is 0.697.